The maximum absolute atomic E-state index is 11.9. The molecular weight excluding hydrogens is 248 g/mol. The van der Waals surface area contributed by atoms with Crippen molar-refractivity contribution in [2.45, 2.75) is 6.92 Å². The van der Waals surface area contributed by atoms with E-state index in [0.29, 0.717) is 18.0 Å². The molecule has 0 aromatic carbocycles. The van der Waals surface area contributed by atoms with Crippen LogP contribution in [0.3, 0.4) is 0 Å². The lowest BCUT2D eigenvalue weighted by atomic mass is 10.3. The quantitative estimate of drug-likeness (QED) is 0.867. The number of rotatable bonds is 4. The molecule has 5 nitrogen and oxygen atoms in total. The van der Waals surface area contributed by atoms with Crippen LogP contribution in [0, 0.1) is 6.92 Å². The van der Waals surface area contributed by atoms with Crippen LogP contribution >= 0.6 is 11.3 Å². The van der Waals surface area contributed by atoms with E-state index >= 15 is 0 Å². The fourth-order valence-corrected chi connectivity index (χ4v) is 2.43. The van der Waals surface area contributed by atoms with Crippen molar-refractivity contribution in [2.24, 2.45) is 5.73 Å². The van der Waals surface area contributed by atoms with Crippen molar-refractivity contribution in [2.75, 3.05) is 13.1 Å². The first kappa shape index (κ1) is 12.7. The molecule has 0 saturated carbocycles. The van der Waals surface area contributed by atoms with Crippen LogP contribution in [0.15, 0.2) is 24.4 Å². The highest BCUT2D eigenvalue weighted by atomic mass is 32.1. The second-order valence-electron chi connectivity index (χ2n) is 3.69. The van der Waals surface area contributed by atoms with Gasteiger partial charge in [0.25, 0.3) is 5.91 Å². The average Bonchev–Trinajstić information content (AvgIpc) is 2.79. The molecule has 2 heterocycles. The van der Waals surface area contributed by atoms with Gasteiger partial charge in [-0.05, 0) is 19.1 Å². The normalized spacial score (nSPS) is 10.3. The van der Waals surface area contributed by atoms with Crippen LogP contribution in [-0.4, -0.2) is 29.0 Å². The Labute approximate surface area is 109 Å². The zero-order valence-electron chi connectivity index (χ0n) is 10.0. The summed E-state index contributed by atoms with van der Waals surface area (Å²) in [5.41, 5.74) is 6.85. The van der Waals surface area contributed by atoms with E-state index in [1.807, 2.05) is 25.1 Å². The Balaban J connectivity index is 2.25. The highest BCUT2D eigenvalue weighted by Crippen LogP contribution is 2.26. The van der Waals surface area contributed by atoms with Gasteiger partial charge >= 0.3 is 0 Å². The number of carbonyl (C=O) groups is 1. The van der Waals surface area contributed by atoms with Gasteiger partial charge in [0, 0.05) is 19.3 Å². The number of carbonyl (C=O) groups excluding carboxylic acids is 1. The number of thiazole rings is 1. The highest BCUT2D eigenvalue weighted by molar-refractivity contribution is 7.17. The third kappa shape index (κ3) is 2.72. The smallest absolute Gasteiger partial charge is 0.263 e. The van der Waals surface area contributed by atoms with Crippen LogP contribution in [0.4, 0.5) is 0 Å². The fourth-order valence-electron chi connectivity index (χ4n) is 1.47. The minimum Gasteiger partial charge on any atom is -0.350 e. The van der Waals surface area contributed by atoms with Crippen LogP contribution in [-0.2, 0) is 0 Å². The number of aryl methyl sites for hydroxylation is 1. The molecule has 0 radical (unpaired) electrons. The summed E-state index contributed by atoms with van der Waals surface area (Å²) in [5, 5.41) is 3.50. The fraction of sp³-hybridized carbons (Fsp3) is 0.250. The van der Waals surface area contributed by atoms with Crippen molar-refractivity contribution in [1.82, 2.24) is 15.3 Å². The van der Waals surface area contributed by atoms with Gasteiger partial charge in [-0.2, -0.15) is 0 Å². The Morgan fingerprint density at radius 3 is 3.00 bits per heavy atom. The number of pyridine rings is 1. The Morgan fingerprint density at radius 2 is 2.33 bits per heavy atom. The SMILES string of the molecule is Cc1nc(-c2ccccn2)sc1C(=O)NCCN. The lowest BCUT2D eigenvalue weighted by molar-refractivity contribution is 0.0958. The molecule has 0 aliphatic rings. The molecule has 2 aromatic heterocycles. The largest absolute Gasteiger partial charge is 0.350 e. The molecule has 0 fully saturated rings. The van der Waals surface area contributed by atoms with E-state index in [4.69, 9.17) is 5.73 Å². The minimum absolute atomic E-state index is 0.127. The van der Waals surface area contributed by atoms with Crippen molar-refractivity contribution >= 4 is 17.2 Å². The summed E-state index contributed by atoms with van der Waals surface area (Å²) in [6.45, 7) is 2.71. The van der Waals surface area contributed by atoms with E-state index in [2.05, 4.69) is 15.3 Å². The number of aromatic nitrogens is 2. The third-order valence-electron chi connectivity index (χ3n) is 2.32. The van der Waals surface area contributed by atoms with Crippen molar-refractivity contribution < 1.29 is 4.79 Å². The maximum atomic E-state index is 11.9. The molecule has 0 aliphatic carbocycles. The highest BCUT2D eigenvalue weighted by Gasteiger charge is 2.15. The average molecular weight is 262 g/mol. The standard InChI is InChI=1S/C12H14N4OS/c1-8-10(11(17)15-7-5-13)18-12(16-8)9-4-2-3-6-14-9/h2-4,6H,5,7,13H2,1H3,(H,15,17). The molecule has 0 bridgehead atoms. The number of nitrogens with one attached hydrogen (secondary N) is 1. The lowest BCUT2D eigenvalue weighted by Crippen LogP contribution is -2.28. The van der Waals surface area contributed by atoms with E-state index < -0.39 is 0 Å². The summed E-state index contributed by atoms with van der Waals surface area (Å²) in [6, 6.07) is 5.62. The van der Waals surface area contributed by atoms with Crippen LogP contribution in [0.2, 0.25) is 0 Å². The molecule has 0 atom stereocenters. The topological polar surface area (TPSA) is 80.9 Å². The zero-order chi connectivity index (χ0) is 13.0. The second kappa shape index (κ2) is 5.70. The van der Waals surface area contributed by atoms with Crippen molar-refractivity contribution in [1.29, 1.82) is 0 Å². The van der Waals surface area contributed by atoms with Crippen LogP contribution < -0.4 is 11.1 Å². The molecule has 0 saturated heterocycles. The molecule has 2 aromatic rings. The lowest BCUT2D eigenvalue weighted by Gasteiger charge is -2.00. The van der Waals surface area contributed by atoms with Gasteiger partial charge in [-0.1, -0.05) is 6.07 Å². The molecule has 1 amide bonds. The molecule has 18 heavy (non-hydrogen) atoms. The van der Waals surface area contributed by atoms with Crippen molar-refractivity contribution in [3.05, 3.63) is 35.0 Å². The molecule has 6 heteroatoms. The Kier molecular flexibility index (Phi) is 4.01. The number of nitrogens with two attached hydrogens (primary N) is 1. The van der Waals surface area contributed by atoms with Crippen molar-refractivity contribution in [3.8, 4) is 10.7 Å². The number of hydrogen-bond acceptors (Lipinski definition) is 5. The first-order valence-corrected chi connectivity index (χ1v) is 6.41. The molecule has 2 rings (SSSR count). The van der Waals surface area contributed by atoms with Gasteiger partial charge in [-0.15, -0.1) is 11.3 Å². The predicted molar refractivity (Wildman–Crippen MR) is 71.5 cm³/mol. The number of hydrogen-bond donors (Lipinski definition) is 2. The monoisotopic (exact) mass is 262 g/mol. The van der Waals surface area contributed by atoms with Gasteiger partial charge in [0.15, 0.2) is 0 Å². The summed E-state index contributed by atoms with van der Waals surface area (Å²) >= 11 is 1.34. The van der Waals surface area contributed by atoms with Gasteiger partial charge < -0.3 is 11.1 Å². The predicted octanol–water partition coefficient (Wildman–Crippen LogP) is 1.20. The summed E-state index contributed by atoms with van der Waals surface area (Å²) < 4.78 is 0. The Hall–Kier alpha value is -1.79. The molecule has 94 valence electrons. The van der Waals surface area contributed by atoms with E-state index in [1.54, 1.807) is 6.20 Å². The van der Waals surface area contributed by atoms with Crippen molar-refractivity contribution in [3.63, 3.8) is 0 Å². The summed E-state index contributed by atoms with van der Waals surface area (Å²) in [5.74, 6) is -0.127. The number of amides is 1. The first-order chi connectivity index (χ1) is 8.72. The second-order valence-corrected chi connectivity index (χ2v) is 4.69. The molecule has 3 N–H and O–H groups in total. The number of nitrogens with zero attached hydrogens (tertiary/aromatic N) is 2. The van der Waals surface area contributed by atoms with E-state index in [1.165, 1.54) is 11.3 Å². The van der Waals surface area contributed by atoms with E-state index in [-0.39, 0.29) is 5.91 Å². The van der Waals surface area contributed by atoms with Crippen LogP contribution in [0.5, 0.6) is 0 Å². The van der Waals surface area contributed by atoms with Gasteiger partial charge in [-0.25, -0.2) is 4.98 Å². The van der Waals surface area contributed by atoms with Crippen LogP contribution in [0.25, 0.3) is 10.7 Å². The molecular formula is C12H14N4OS. The van der Waals surface area contributed by atoms with Gasteiger partial charge in [0.2, 0.25) is 0 Å². The molecule has 0 aliphatic heterocycles. The van der Waals surface area contributed by atoms with E-state index in [0.717, 1.165) is 16.4 Å². The Morgan fingerprint density at radius 1 is 1.50 bits per heavy atom. The zero-order valence-corrected chi connectivity index (χ0v) is 10.8. The molecule has 0 unspecified atom stereocenters. The summed E-state index contributed by atoms with van der Waals surface area (Å²) in [4.78, 5) is 21.1. The summed E-state index contributed by atoms with van der Waals surface area (Å²) in [6.07, 6.45) is 1.71. The van der Waals surface area contributed by atoms with Gasteiger partial charge in [0.1, 0.15) is 9.88 Å². The van der Waals surface area contributed by atoms with Gasteiger partial charge in [-0.3, -0.25) is 9.78 Å². The van der Waals surface area contributed by atoms with E-state index in [9.17, 15) is 4.79 Å². The molecule has 0 spiro atoms. The third-order valence-corrected chi connectivity index (χ3v) is 3.50. The summed E-state index contributed by atoms with van der Waals surface area (Å²) in [7, 11) is 0. The van der Waals surface area contributed by atoms with Crippen LogP contribution in [0.1, 0.15) is 15.4 Å². The first-order valence-electron chi connectivity index (χ1n) is 5.59. The maximum Gasteiger partial charge on any atom is 0.263 e. The Bertz CT molecular complexity index is 538. The van der Waals surface area contributed by atoms with Gasteiger partial charge in [0.05, 0.1) is 11.4 Å². The minimum atomic E-state index is -0.127.